The molecule has 1 unspecified atom stereocenters. The van der Waals surface area contributed by atoms with E-state index in [1.807, 2.05) is 0 Å². The Morgan fingerprint density at radius 3 is 1.62 bits per heavy atom. The molecule has 11 heteroatoms. The van der Waals surface area contributed by atoms with Crippen LogP contribution in [0, 0.1) is 0 Å². The van der Waals surface area contributed by atoms with Crippen LogP contribution in [0.15, 0.2) is 0 Å². The third-order valence-corrected chi connectivity index (χ3v) is 7.08. The Labute approximate surface area is 174 Å². The van der Waals surface area contributed by atoms with Crippen LogP contribution in [0.4, 0.5) is 4.39 Å². The van der Waals surface area contributed by atoms with E-state index in [-0.39, 0.29) is 13.2 Å². The predicted molar refractivity (Wildman–Crippen MR) is 109 cm³/mol. The van der Waals surface area contributed by atoms with Crippen molar-refractivity contribution >= 4 is 21.6 Å². The lowest BCUT2D eigenvalue weighted by Gasteiger charge is -2.19. The van der Waals surface area contributed by atoms with E-state index in [1.165, 1.54) is 0 Å². The highest BCUT2D eigenvalue weighted by molar-refractivity contribution is 7.62. The highest BCUT2D eigenvalue weighted by Crippen LogP contribution is 2.63. The minimum atomic E-state index is -5.13. The lowest BCUT2D eigenvalue weighted by Crippen LogP contribution is -2.08. The van der Waals surface area contributed by atoms with Crippen LogP contribution >= 0.6 is 15.6 Å². The van der Waals surface area contributed by atoms with Crippen molar-refractivity contribution in [1.82, 2.24) is 0 Å². The molecule has 0 saturated carbocycles. The van der Waals surface area contributed by atoms with Gasteiger partial charge in [0.2, 0.25) is 0 Å². The number of unbranched alkanes of at least 4 members (excludes halogenated alkanes) is 10. The topological polar surface area (TPSA) is 108 Å². The number of hydrogen-bond donors (Lipinski definition) is 1. The molecular weight excluding hydrogens is 425 g/mol. The fourth-order valence-corrected chi connectivity index (χ4v) is 5.11. The van der Waals surface area contributed by atoms with Crippen LogP contribution in [-0.2, 0) is 31.8 Å². The summed E-state index contributed by atoms with van der Waals surface area (Å²) in [6.07, 6.45) is 11.5. The Bertz CT molecular complexity index is 496. The average Bonchev–Trinajstić information content (AvgIpc) is 2.65. The standard InChI is InChI=1S/C18H37FO8P2/c1-3-5-7-9-11-13-15-24-29(23,25-16-14-12-10-8-6-4-2)27-28(21,22)26-18(20)17-19/h3-17H2,1-2H3,(H,21,22). The van der Waals surface area contributed by atoms with E-state index in [4.69, 9.17) is 9.05 Å². The summed E-state index contributed by atoms with van der Waals surface area (Å²) in [5, 5.41) is 0. The minimum Gasteiger partial charge on any atom is -0.368 e. The van der Waals surface area contributed by atoms with E-state index >= 15 is 0 Å². The molecule has 1 N–H and O–H groups in total. The van der Waals surface area contributed by atoms with Crippen LogP contribution < -0.4 is 0 Å². The van der Waals surface area contributed by atoms with Crippen molar-refractivity contribution in [2.75, 3.05) is 19.9 Å². The normalized spacial score (nSPS) is 13.9. The Kier molecular flexibility index (Phi) is 17.2. The Balaban J connectivity index is 4.54. The van der Waals surface area contributed by atoms with E-state index in [9.17, 15) is 23.2 Å². The van der Waals surface area contributed by atoms with Gasteiger partial charge in [0.15, 0.2) is 6.67 Å². The van der Waals surface area contributed by atoms with Gasteiger partial charge in [-0.25, -0.2) is 18.3 Å². The first-order valence-electron chi connectivity index (χ1n) is 10.5. The van der Waals surface area contributed by atoms with Crippen molar-refractivity contribution in [1.29, 1.82) is 0 Å². The van der Waals surface area contributed by atoms with Crippen molar-refractivity contribution in [2.24, 2.45) is 0 Å². The maximum absolute atomic E-state index is 12.7. The van der Waals surface area contributed by atoms with Gasteiger partial charge in [0.25, 0.3) is 0 Å². The highest BCUT2D eigenvalue weighted by atomic mass is 31.3. The number of carbonyl (C=O) groups excluding carboxylic acids is 1. The smallest absolute Gasteiger partial charge is 0.368 e. The fourth-order valence-electron chi connectivity index (χ4n) is 2.50. The zero-order valence-corrected chi connectivity index (χ0v) is 19.5. The molecule has 0 aromatic carbocycles. The third kappa shape index (κ3) is 17.1. The largest absolute Gasteiger partial charge is 0.538 e. The lowest BCUT2D eigenvalue weighted by atomic mass is 10.1. The number of halogens is 1. The summed E-state index contributed by atoms with van der Waals surface area (Å²) in [5.74, 6) is -1.60. The molecule has 29 heavy (non-hydrogen) atoms. The third-order valence-electron chi connectivity index (χ3n) is 4.02. The number of carbonyl (C=O) groups is 1. The van der Waals surface area contributed by atoms with Crippen LogP contribution in [-0.4, -0.2) is 30.8 Å². The van der Waals surface area contributed by atoms with Crippen LogP contribution in [0.25, 0.3) is 0 Å². The van der Waals surface area contributed by atoms with Gasteiger partial charge in [0.05, 0.1) is 13.2 Å². The van der Waals surface area contributed by atoms with Crippen molar-refractivity contribution in [2.45, 2.75) is 90.9 Å². The number of phosphoric ester groups is 2. The number of phosphoric acid groups is 2. The van der Waals surface area contributed by atoms with Crippen LogP contribution in [0.2, 0.25) is 0 Å². The van der Waals surface area contributed by atoms with Gasteiger partial charge in [-0.05, 0) is 12.8 Å². The summed E-state index contributed by atoms with van der Waals surface area (Å²) in [6.45, 7) is 2.60. The molecule has 0 aliphatic heterocycles. The average molecular weight is 462 g/mol. The molecule has 0 aliphatic rings. The first kappa shape index (κ1) is 28.7. The molecular formula is C18H37FO8P2. The second-order valence-corrected chi connectivity index (χ2v) is 9.98. The fraction of sp³-hybridized carbons (Fsp3) is 0.944. The van der Waals surface area contributed by atoms with Crippen molar-refractivity contribution < 1.29 is 41.1 Å². The lowest BCUT2D eigenvalue weighted by molar-refractivity contribution is -0.136. The predicted octanol–water partition coefficient (Wildman–Crippen LogP) is 6.48. The molecule has 0 spiro atoms. The number of rotatable bonds is 20. The van der Waals surface area contributed by atoms with E-state index in [0.29, 0.717) is 12.8 Å². The van der Waals surface area contributed by atoms with Crippen molar-refractivity contribution in [3.8, 4) is 0 Å². The molecule has 0 aromatic rings. The summed E-state index contributed by atoms with van der Waals surface area (Å²) >= 11 is 0. The first-order chi connectivity index (χ1) is 13.8. The van der Waals surface area contributed by atoms with E-state index in [1.54, 1.807) is 0 Å². The van der Waals surface area contributed by atoms with Crippen LogP contribution in [0.5, 0.6) is 0 Å². The summed E-state index contributed by atoms with van der Waals surface area (Å²) in [6, 6.07) is 0. The molecule has 0 aliphatic carbocycles. The SMILES string of the molecule is CCCCCCCCOP(=O)(OCCCCCCCC)OP(=O)(O)OC(=O)CF. The number of alkyl halides is 1. The zero-order chi connectivity index (χ0) is 22.0. The van der Waals surface area contributed by atoms with Gasteiger partial charge < -0.3 is 4.52 Å². The Morgan fingerprint density at radius 1 is 0.793 bits per heavy atom. The van der Waals surface area contributed by atoms with Crippen molar-refractivity contribution in [3.05, 3.63) is 0 Å². The Hall–Kier alpha value is -0.300. The molecule has 0 saturated heterocycles. The van der Waals surface area contributed by atoms with Gasteiger partial charge in [-0.3, -0.25) is 13.9 Å². The maximum atomic E-state index is 12.7. The monoisotopic (exact) mass is 462 g/mol. The molecule has 0 bridgehead atoms. The maximum Gasteiger partial charge on any atom is 0.538 e. The molecule has 0 radical (unpaired) electrons. The van der Waals surface area contributed by atoms with E-state index in [0.717, 1.165) is 64.2 Å². The van der Waals surface area contributed by atoms with E-state index < -0.39 is 28.3 Å². The second-order valence-electron chi connectivity index (χ2n) is 6.80. The van der Waals surface area contributed by atoms with Gasteiger partial charge >= 0.3 is 21.6 Å². The van der Waals surface area contributed by atoms with Crippen LogP contribution in [0.3, 0.4) is 0 Å². The molecule has 0 aromatic heterocycles. The van der Waals surface area contributed by atoms with Gasteiger partial charge in [-0.2, -0.15) is 4.31 Å². The molecule has 174 valence electrons. The second kappa shape index (κ2) is 17.4. The summed E-state index contributed by atoms with van der Waals surface area (Å²) < 4.78 is 55.4. The zero-order valence-electron chi connectivity index (χ0n) is 17.7. The molecule has 0 rings (SSSR count). The van der Waals surface area contributed by atoms with Crippen LogP contribution in [0.1, 0.15) is 90.9 Å². The first-order valence-corrected chi connectivity index (χ1v) is 13.5. The van der Waals surface area contributed by atoms with Gasteiger partial charge in [-0.15, -0.1) is 0 Å². The molecule has 0 heterocycles. The molecule has 1 atom stereocenters. The van der Waals surface area contributed by atoms with Gasteiger partial charge in [0, 0.05) is 0 Å². The van der Waals surface area contributed by atoms with Gasteiger partial charge in [-0.1, -0.05) is 78.1 Å². The summed E-state index contributed by atoms with van der Waals surface area (Å²) in [4.78, 5) is 20.4. The summed E-state index contributed by atoms with van der Waals surface area (Å²) in [7, 11) is -9.57. The van der Waals surface area contributed by atoms with Gasteiger partial charge in [0.1, 0.15) is 0 Å². The molecule has 0 fully saturated rings. The quantitative estimate of drug-likeness (QED) is 0.162. The highest BCUT2D eigenvalue weighted by Gasteiger charge is 2.40. The molecule has 0 amide bonds. The molecule has 8 nitrogen and oxygen atoms in total. The summed E-state index contributed by atoms with van der Waals surface area (Å²) in [5.41, 5.74) is 0. The Morgan fingerprint density at radius 2 is 1.21 bits per heavy atom. The minimum absolute atomic E-state index is 0.00302. The van der Waals surface area contributed by atoms with Crippen molar-refractivity contribution in [3.63, 3.8) is 0 Å². The number of hydrogen-bond acceptors (Lipinski definition) is 7. The van der Waals surface area contributed by atoms with E-state index in [2.05, 4.69) is 22.7 Å².